The zero-order valence-corrected chi connectivity index (χ0v) is 11.2. The predicted molar refractivity (Wildman–Crippen MR) is 68.3 cm³/mol. The lowest BCUT2D eigenvalue weighted by molar-refractivity contribution is -0.141. The molecule has 0 aromatic heterocycles. The number of carbonyl (C=O) groups is 3. The molecule has 0 fully saturated rings. The molecule has 0 saturated carbocycles. The molecule has 0 unspecified atom stereocenters. The first-order chi connectivity index (χ1) is 9.56. The molecule has 0 aliphatic heterocycles. The third-order valence-electron chi connectivity index (χ3n) is 2.32. The summed E-state index contributed by atoms with van der Waals surface area (Å²) < 4.78 is 14.1. The molecular formula is C13H15NO6. The molecule has 0 atom stereocenters. The van der Waals surface area contributed by atoms with Crippen molar-refractivity contribution in [1.82, 2.24) is 5.32 Å². The van der Waals surface area contributed by atoms with E-state index in [-0.39, 0.29) is 6.54 Å². The minimum atomic E-state index is -0.638. The number of carbonyl (C=O) groups excluding carboxylic acids is 3. The van der Waals surface area contributed by atoms with E-state index in [1.807, 2.05) is 0 Å². The lowest BCUT2D eigenvalue weighted by Crippen LogP contribution is -2.33. The lowest BCUT2D eigenvalue weighted by Gasteiger charge is -2.06. The summed E-state index contributed by atoms with van der Waals surface area (Å²) in [6.45, 7) is -0.739. The smallest absolute Gasteiger partial charge is 0.338 e. The van der Waals surface area contributed by atoms with Crippen molar-refractivity contribution in [2.45, 2.75) is 0 Å². The van der Waals surface area contributed by atoms with E-state index in [1.165, 1.54) is 26.4 Å². The minimum absolute atomic E-state index is 0.268. The van der Waals surface area contributed by atoms with Gasteiger partial charge in [0, 0.05) is 0 Å². The maximum absolute atomic E-state index is 11.6. The summed E-state index contributed by atoms with van der Waals surface area (Å²) >= 11 is 0. The maximum atomic E-state index is 11.6. The van der Waals surface area contributed by atoms with E-state index < -0.39 is 24.5 Å². The molecule has 1 aromatic carbocycles. The molecule has 0 spiro atoms. The fourth-order valence-electron chi connectivity index (χ4n) is 1.24. The van der Waals surface area contributed by atoms with Crippen molar-refractivity contribution >= 4 is 17.8 Å². The molecular weight excluding hydrogens is 266 g/mol. The van der Waals surface area contributed by atoms with Gasteiger partial charge in [-0.05, 0) is 24.3 Å². The van der Waals surface area contributed by atoms with Crippen molar-refractivity contribution in [2.75, 3.05) is 27.4 Å². The fourth-order valence-corrected chi connectivity index (χ4v) is 1.24. The molecule has 7 nitrogen and oxygen atoms in total. The van der Waals surface area contributed by atoms with E-state index in [2.05, 4.69) is 10.1 Å². The molecule has 108 valence electrons. The first kappa shape index (κ1) is 15.5. The Hall–Kier alpha value is -2.57. The van der Waals surface area contributed by atoms with Gasteiger partial charge in [0.25, 0.3) is 5.91 Å². The second-order valence-corrected chi connectivity index (χ2v) is 3.66. The van der Waals surface area contributed by atoms with Crippen molar-refractivity contribution < 1.29 is 28.6 Å². The van der Waals surface area contributed by atoms with Crippen molar-refractivity contribution in [3.8, 4) is 5.75 Å². The Morgan fingerprint density at radius 3 is 2.30 bits per heavy atom. The Morgan fingerprint density at radius 1 is 1.10 bits per heavy atom. The van der Waals surface area contributed by atoms with Crippen LogP contribution in [0.4, 0.5) is 0 Å². The van der Waals surface area contributed by atoms with E-state index >= 15 is 0 Å². The van der Waals surface area contributed by atoms with Gasteiger partial charge in [-0.3, -0.25) is 9.59 Å². The van der Waals surface area contributed by atoms with Crippen LogP contribution >= 0.6 is 0 Å². The van der Waals surface area contributed by atoms with Crippen LogP contribution < -0.4 is 10.1 Å². The molecule has 0 saturated heterocycles. The van der Waals surface area contributed by atoms with E-state index in [9.17, 15) is 14.4 Å². The van der Waals surface area contributed by atoms with Crippen LogP contribution in [0.15, 0.2) is 24.3 Å². The largest absolute Gasteiger partial charge is 0.497 e. The van der Waals surface area contributed by atoms with Crippen molar-refractivity contribution in [2.24, 2.45) is 0 Å². The lowest BCUT2D eigenvalue weighted by atomic mass is 10.2. The van der Waals surface area contributed by atoms with E-state index in [1.54, 1.807) is 12.1 Å². The fraction of sp³-hybridized carbons (Fsp3) is 0.308. The number of hydrogen-bond donors (Lipinski definition) is 1. The van der Waals surface area contributed by atoms with Crippen LogP contribution in [-0.2, 0) is 19.1 Å². The van der Waals surface area contributed by atoms with Gasteiger partial charge >= 0.3 is 11.9 Å². The summed E-state index contributed by atoms with van der Waals surface area (Å²) in [5, 5.41) is 2.25. The van der Waals surface area contributed by atoms with E-state index in [0.29, 0.717) is 11.3 Å². The normalized spacial score (nSPS) is 9.50. The standard InChI is InChI=1S/C13H15NO6/c1-18-10-5-3-9(4-6-10)13(17)20-8-11(15)14-7-12(16)19-2/h3-6H,7-8H2,1-2H3,(H,14,15). The summed E-state index contributed by atoms with van der Waals surface area (Å²) in [4.78, 5) is 33.7. The molecule has 20 heavy (non-hydrogen) atoms. The zero-order valence-electron chi connectivity index (χ0n) is 11.2. The van der Waals surface area contributed by atoms with Crippen LogP contribution in [0, 0.1) is 0 Å². The van der Waals surface area contributed by atoms with Gasteiger partial charge in [-0.1, -0.05) is 0 Å². The van der Waals surface area contributed by atoms with Crippen LogP contribution in [0.5, 0.6) is 5.75 Å². The van der Waals surface area contributed by atoms with Gasteiger partial charge in [-0.15, -0.1) is 0 Å². The molecule has 1 aromatic rings. The number of ether oxygens (including phenoxy) is 3. The summed E-state index contributed by atoms with van der Waals surface area (Å²) in [5.41, 5.74) is 0.298. The SMILES string of the molecule is COC(=O)CNC(=O)COC(=O)c1ccc(OC)cc1. The Morgan fingerprint density at radius 2 is 1.75 bits per heavy atom. The van der Waals surface area contributed by atoms with Crippen molar-refractivity contribution in [3.05, 3.63) is 29.8 Å². The number of amides is 1. The Labute approximate surface area is 115 Å². The van der Waals surface area contributed by atoms with Gasteiger partial charge in [0.05, 0.1) is 19.8 Å². The molecule has 0 bridgehead atoms. The van der Waals surface area contributed by atoms with Crippen LogP contribution in [0.2, 0.25) is 0 Å². The highest BCUT2D eigenvalue weighted by Gasteiger charge is 2.11. The first-order valence-electron chi connectivity index (χ1n) is 5.71. The van der Waals surface area contributed by atoms with Crippen LogP contribution in [0.1, 0.15) is 10.4 Å². The van der Waals surface area contributed by atoms with E-state index in [0.717, 1.165) is 0 Å². The molecule has 7 heteroatoms. The summed E-state index contributed by atoms with van der Waals surface area (Å²) in [5.74, 6) is -1.20. The Bertz CT molecular complexity index is 482. The average Bonchev–Trinajstić information content (AvgIpc) is 2.50. The summed E-state index contributed by atoms with van der Waals surface area (Å²) in [6, 6.07) is 6.25. The maximum Gasteiger partial charge on any atom is 0.338 e. The Kier molecular flexibility index (Phi) is 6.02. The van der Waals surface area contributed by atoms with Gasteiger partial charge in [0.2, 0.25) is 0 Å². The molecule has 1 rings (SSSR count). The number of rotatable bonds is 6. The topological polar surface area (TPSA) is 90.9 Å². The number of methoxy groups -OCH3 is 2. The first-order valence-corrected chi connectivity index (χ1v) is 5.71. The third kappa shape index (κ3) is 4.97. The number of esters is 2. The number of benzene rings is 1. The van der Waals surface area contributed by atoms with Crippen LogP contribution in [-0.4, -0.2) is 45.2 Å². The van der Waals surface area contributed by atoms with Gasteiger partial charge in [0.1, 0.15) is 12.3 Å². The van der Waals surface area contributed by atoms with Crippen molar-refractivity contribution in [3.63, 3.8) is 0 Å². The monoisotopic (exact) mass is 281 g/mol. The summed E-state index contributed by atoms with van der Waals surface area (Å²) in [6.07, 6.45) is 0. The molecule has 0 radical (unpaired) electrons. The summed E-state index contributed by atoms with van der Waals surface area (Å²) in [7, 11) is 2.72. The van der Waals surface area contributed by atoms with Crippen LogP contribution in [0.25, 0.3) is 0 Å². The zero-order chi connectivity index (χ0) is 15.0. The quantitative estimate of drug-likeness (QED) is 0.746. The highest BCUT2D eigenvalue weighted by Crippen LogP contribution is 2.11. The number of hydrogen-bond acceptors (Lipinski definition) is 6. The number of nitrogens with one attached hydrogen (secondary N) is 1. The molecule has 1 amide bonds. The third-order valence-corrected chi connectivity index (χ3v) is 2.32. The minimum Gasteiger partial charge on any atom is -0.497 e. The highest BCUT2D eigenvalue weighted by atomic mass is 16.5. The molecule has 0 aliphatic rings. The molecule has 0 aliphatic carbocycles. The van der Waals surface area contributed by atoms with Gasteiger partial charge in [-0.2, -0.15) is 0 Å². The van der Waals surface area contributed by atoms with Crippen LogP contribution in [0.3, 0.4) is 0 Å². The average molecular weight is 281 g/mol. The predicted octanol–water partition coefficient (Wildman–Crippen LogP) is 0.141. The second kappa shape index (κ2) is 7.78. The van der Waals surface area contributed by atoms with E-state index in [4.69, 9.17) is 9.47 Å². The second-order valence-electron chi connectivity index (χ2n) is 3.66. The van der Waals surface area contributed by atoms with Gasteiger partial charge < -0.3 is 19.5 Å². The highest BCUT2D eigenvalue weighted by molar-refractivity contribution is 5.91. The molecule has 1 N–H and O–H groups in total. The van der Waals surface area contributed by atoms with Gasteiger partial charge in [-0.25, -0.2) is 4.79 Å². The van der Waals surface area contributed by atoms with Gasteiger partial charge in [0.15, 0.2) is 6.61 Å². The Balaban J connectivity index is 2.38. The van der Waals surface area contributed by atoms with Crippen molar-refractivity contribution in [1.29, 1.82) is 0 Å². The molecule has 0 heterocycles.